The molecule has 2 atom stereocenters. The van der Waals surface area contributed by atoms with E-state index in [2.05, 4.69) is 62.1 Å². The average molecular weight is 296 g/mol. The van der Waals surface area contributed by atoms with Crippen molar-refractivity contribution < 1.29 is 0 Å². The molecule has 0 radical (unpaired) electrons. The van der Waals surface area contributed by atoms with Crippen LogP contribution in [0.3, 0.4) is 0 Å². The highest BCUT2D eigenvalue weighted by Gasteiger charge is 2.26. The minimum atomic E-state index is -0.0531. The van der Waals surface area contributed by atoms with Crippen molar-refractivity contribution in [1.29, 1.82) is 0 Å². The first kappa shape index (κ1) is 14.7. The van der Waals surface area contributed by atoms with Gasteiger partial charge in [0.25, 0.3) is 0 Å². The number of aryl methyl sites for hydroxylation is 1. The second kappa shape index (κ2) is 6.67. The van der Waals surface area contributed by atoms with Gasteiger partial charge in [-0.2, -0.15) is 0 Å². The zero-order valence-corrected chi connectivity index (χ0v) is 14.1. The van der Waals surface area contributed by atoms with Gasteiger partial charge in [-0.1, -0.05) is 63.1 Å². The minimum Gasteiger partial charge on any atom is -0.117 e. The number of allylic oxidation sites excluding steroid dienone is 1. The van der Waals surface area contributed by atoms with Crippen molar-refractivity contribution in [2.75, 3.05) is 0 Å². The van der Waals surface area contributed by atoms with Crippen LogP contribution in [0.1, 0.15) is 61.9 Å². The summed E-state index contributed by atoms with van der Waals surface area (Å²) >= 11 is 0. The van der Waals surface area contributed by atoms with Crippen molar-refractivity contribution in [3.63, 3.8) is 0 Å². The molecule has 110 valence electrons. The van der Waals surface area contributed by atoms with Crippen molar-refractivity contribution >= 4 is 19.2 Å². The summed E-state index contributed by atoms with van der Waals surface area (Å²) in [5.41, 5.74) is 4.61. The molecule has 2 aromatic rings. The summed E-state index contributed by atoms with van der Waals surface area (Å²) in [6, 6.07) is 13.7. The van der Waals surface area contributed by atoms with Crippen LogP contribution in [-0.2, 0) is 6.16 Å². The molecule has 1 aliphatic rings. The molecule has 1 aromatic heterocycles. The Morgan fingerprint density at radius 3 is 2.67 bits per heavy atom. The standard InChI is InChI=1S/C20H25P/c1-3-5-13-21-14-8-12-20(21)19-15-16-10-6-7-11-17(16)18(19)9-4-2/h6-8,10-12,14-15,18H,3-5,9,13H2,1-2H3. The lowest BCUT2D eigenvalue weighted by Crippen LogP contribution is -1.97. The highest BCUT2D eigenvalue weighted by Crippen LogP contribution is 2.51. The van der Waals surface area contributed by atoms with E-state index in [0.29, 0.717) is 5.92 Å². The van der Waals surface area contributed by atoms with E-state index in [4.69, 9.17) is 0 Å². The fourth-order valence-electron chi connectivity index (χ4n) is 3.45. The van der Waals surface area contributed by atoms with Gasteiger partial charge in [0.2, 0.25) is 0 Å². The van der Waals surface area contributed by atoms with E-state index in [0.717, 1.165) is 0 Å². The SMILES string of the molecule is CCCCp1cccc1C1=Cc2ccccc2C1CCC. The lowest BCUT2D eigenvalue weighted by atomic mass is 9.91. The number of hydrogen-bond acceptors (Lipinski definition) is 0. The van der Waals surface area contributed by atoms with Gasteiger partial charge < -0.3 is 0 Å². The maximum absolute atomic E-state index is 2.47. The molecule has 1 heterocycles. The lowest BCUT2D eigenvalue weighted by Gasteiger charge is -2.17. The van der Waals surface area contributed by atoms with Crippen molar-refractivity contribution in [1.82, 2.24) is 0 Å². The summed E-state index contributed by atoms with van der Waals surface area (Å²) in [5, 5.41) is 1.65. The topological polar surface area (TPSA) is 0 Å². The Hall–Kier alpha value is -1.26. The fraction of sp³-hybridized carbons (Fsp3) is 0.400. The third-order valence-corrected chi connectivity index (χ3v) is 6.87. The fourth-order valence-corrected chi connectivity index (χ4v) is 5.78. The highest BCUT2D eigenvalue weighted by molar-refractivity contribution is 7.49. The Morgan fingerprint density at radius 1 is 1.00 bits per heavy atom. The van der Waals surface area contributed by atoms with E-state index >= 15 is 0 Å². The van der Waals surface area contributed by atoms with Gasteiger partial charge >= 0.3 is 0 Å². The molecule has 0 bridgehead atoms. The maximum atomic E-state index is 2.47. The molecule has 0 spiro atoms. The van der Waals surface area contributed by atoms with Crippen LogP contribution >= 0.6 is 7.53 Å². The summed E-state index contributed by atoms with van der Waals surface area (Å²) in [7, 11) is -0.0531. The highest BCUT2D eigenvalue weighted by atomic mass is 31.1. The van der Waals surface area contributed by atoms with E-state index in [1.165, 1.54) is 37.4 Å². The van der Waals surface area contributed by atoms with Crippen LogP contribution in [0.15, 0.2) is 42.2 Å². The predicted octanol–water partition coefficient (Wildman–Crippen LogP) is 6.91. The van der Waals surface area contributed by atoms with Crippen molar-refractivity contribution in [2.24, 2.45) is 0 Å². The van der Waals surface area contributed by atoms with Crippen LogP contribution in [0, 0.1) is 0 Å². The van der Waals surface area contributed by atoms with E-state index in [9.17, 15) is 0 Å². The third kappa shape index (κ3) is 2.87. The van der Waals surface area contributed by atoms with Crippen LogP contribution in [0.5, 0.6) is 0 Å². The Kier molecular flexibility index (Phi) is 4.66. The number of rotatable bonds is 6. The van der Waals surface area contributed by atoms with Crippen molar-refractivity contribution in [3.05, 3.63) is 58.6 Å². The second-order valence-corrected chi connectivity index (χ2v) is 8.18. The molecule has 0 nitrogen and oxygen atoms in total. The van der Waals surface area contributed by atoms with Crippen LogP contribution in [0.25, 0.3) is 11.6 Å². The first-order valence-corrected chi connectivity index (χ1v) is 9.90. The summed E-state index contributed by atoms with van der Waals surface area (Å²) in [5.74, 6) is 3.09. The lowest BCUT2D eigenvalue weighted by molar-refractivity contribution is 0.738. The van der Waals surface area contributed by atoms with Crippen LogP contribution < -0.4 is 0 Å². The van der Waals surface area contributed by atoms with Crippen molar-refractivity contribution in [2.45, 2.75) is 51.6 Å². The van der Waals surface area contributed by atoms with Gasteiger partial charge in [-0.3, -0.25) is 0 Å². The molecule has 3 rings (SSSR count). The first-order chi connectivity index (χ1) is 10.3. The molecular formula is C20H25P. The smallest absolute Gasteiger partial charge is 0.0105 e. The summed E-state index contributed by atoms with van der Waals surface area (Å²) < 4.78 is 0. The Bertz CT molecular complexity index is 633. The number of hydrogen-bond donors (Lipinski definition) is 0. The van der Waals surface area contributed by atoms with Crippen LogP contribution in [-0.4, -0.2) is 0 Å². The molecule has 0 N–H and O–H groups in total. The molecule has 1 heteroatoms. The quantitative estimate of drug-likeness (QED) is 0.543. The van der Waals surface area contributed by atoms with E-state index in [-0.39, 0.29) is 7.53 Å². The third-order valence-electron chi connectivity index (χ3n) is 4.51. The van der Waals surface area contributed by atoms with E-state index in [1.807, 2.05) is 0 Å². The summed E-state index contributed by atoms with van der Waals surface area (Å²) in [4.78, 5) is 0. The number of benzene rings is 1. The molecule has 0 aliphatic heterocycles. The summed E-state index contributed by atoms with van der Waals surface area (Å²) in [6.45, 7) is 4.60. The largest absolute Gasteiger partial charge is 0.117 e. The van der Waals surface area contributed by atoms with E-state index in [1.54, 1.807) is 16.4 Å². The second-order valence-electron chi connectivity index (χ2n) is 6.01. The van der Waals surface area contributed by atoms with Crippen LogP contribution in [0.4, 0.5) is 0 Å². The zero-order valence-electron chi connectivity index (χ0n) is 13.2. The zero-order chi connectivity index (χ0) is 14.7. The molecule has 0 saturated heterocycles. The van der Waals surface area contributed by atoms with Crippen molar-refractivity contribution in [3.8, 4) is 0 Å². The molecule has 2 unspecified atom stereocenters. The molecule has 21 heavy (non-hydrogen) atoms. The molecule has 0 saturated carbocycles. The van der Waals surface area contributed by atoms with Gasteiger partial charge in [-0.25, -0.2) is 0 Å². The van der Waals surface area contributed by atoms with Crippen LogP contribution in [0.2, 0.25) is 0 Å². The summed E-state index contributed by atoms with van der Waals surface area (Å²) in [6.07, 6.45) is 9.02. The molecule has 0 amide bonds. The molecular weight excluding hydrogens is 271 g/mol. The Morgan fingerprint density at radius 2 is 1.86 bits per heavy atom. The van der Waals surface area contributed by atoms with Gasteiger partial charge in [0.05, 0.1) is 0 Å². The van der Waals surface area contributed by atoms with Gasteiger partial charge in [0, 0.05) is 5.92 Å². The molecule has 0 fully saturated rings. The minimum absolute atomic E-state index is 0.0531. The maximum Gasteiger partial charge on any atom is 0.0105 e. The average Bonchev–Trinajstić information content (AvgIpc) is 3.10. The normalized spacial score (nSPS) is 17.7. The first-order valence-electron chi connectivity index (χ1n) is 8.31. The predicted molar refractivity (Wildman–Crippen MR) is 96.0 cm³/mol. The Balaban J connectivity index is 1.96. The Labute approximate surface area is 130 Å². The molecule has 1 aromatic carbocycles. The van der Waals surface area contributed by atoms with Gasteiger partial charge in [0.15, 0.2) is 0 Å². The van der Waals surface area contributed by atoms with E-state index < -0.39 is 0 Å². The number of unbranched alkanes of at least 4 members (excludes halogenated alkanes) is 1. The van der Waals surface area contributed by atoms with Gasteiger partial charge in [0.1, 0.15) is 0 Å². The van der Waals surface area contributed by atoms with Gasteiger partial charge in [-0.05, 0) is 52.9 Å². The monoisotopic (exact) mass is 296 g/mol. The molecule has 1 aliphatic carbocycles. The number of fused-ring (bicyclic) bond motifs is 1. The van der Waals surface area contributed by atoms with Gasteiger partial charge in [-0.15, -0.1) is 7.53 Å².